The van der Waals surface area contributed by atoms with E-state index in [1.54, 1.807) is 24.0 Å². The lowest BCUT2D eigenvalue weighted by Crippen LogP contribution is -2.40. The fraction of sp³-hybridized carbons (Fsp3) is 0.182. The lowest BCUT2D eigenvalue weighted by Gasteiger charge is -2.24. The smallest absolute Gasteiger partial charge is 0.338 e. The first kappa shape index (κ1) is 17.7. The van der Waals surface area contributed by atoms with E-state index in [4.69, 9.17) is 4.74 Å². The van der Waals surface area contributed by atoms with Gasteiger partial charge in [0.2, 0.25) is 0 Å². The molecule has 0 aliphatic rings. The summed E-state index contributed by atoms with van der Waals surface area (Å²) < 4.78 is 5.42. The van der Waals surface area contributed by atoms with Crippen molar-refractivity contribution in [3.8, 4) is 0 Å². The van der Waals surface area contributed by atoms with Crippen molar-refractivity contribution in [1.82, 2.24) is 0 Å². The highest BCUT2D eigenvalue weighted by Gasteiger charge is 2.24. The van der Waals surface area contributed by atoms with Crippen molar-refractivity contribution in [3.63, 3.8) is 0 Å². The Bertz CT molecular complexity index is 921. The number of nitrogens with zero attached hydrogens (tertiary/aromatic N) is 1. The standard InChI is InChI=1S/C22H21NO3/c1-3-23(20-11-5-4-6-12-20)21(24)16(2)26-22(25)19-14-13-17-9-7-8-10-18(17)15-19/h4-16H,3H2,1-2H3/t16-/m0/s1. The van der Waals surface area contributed by atoms with Crippen LogP contribution in [0.4, 0.5) is 5.69 Å². The average molecular weight is 347 g/mol. The van der Waals surface area contributed by atoms with Crippen molar-refractivity contribution in [2.24, 2.45) is 0 Å². The molecule has 0 saturated carbocycles. The number of benzene rings is 3. The summed E-state index contributed by atoms with van der Waals surface area (Å²) in [6.45, 7) is 4.00. The summed E-state index contributed by atoms with van der Waals surface area (Å²) in [5, 5.41) is 2.01. The highest BCUT2D eigenvalue weighted by Crippen LogP contribution is 2.18. The van der Waals surface area contributed by atoms with Gasteiger partial charge in [0.25, 0.3) is 5.91 Å². The number of para-hydroxylation sites is 1. The van der Waals surface area contributed by atoms with Crippen LogP contribution in [0.15, 0.2) is 72.8 Å². The third kappa shape index (κ3) is 3.75. The van der Waals surface area contributed by atoms with Crippen molar-refractivity contribution in [2.45, 2.75) is 20.0 Å². The molecule has 0 aliphatic carbocycles. The van der Waals surface area contributed by atoms with Crippen molar-refractivity contribution in [2.75, 3.05) is 11.4 Å². The highest BCUT2D eigenvalue weighted by atomic mass is 16.5. The summed E-state index contributed by atoms with van der Waals surface area (Å²) in [7, 11) is 0. The molecule has 0 aliphatic heterocycles. The number of ether oxygens (including phenoxy) is 1. The molecule has 1 amide bonds. The van der Waals surface area contributed by atoms with Gasteiger partial charge < -0.3 is 9.64 Å². The number of amides is 1. The third-order valence-corrected chi connectivity index (χ3v) is 4.27. The monoisotopic (exact) mass is 347 g/mol. The molecule has 4 nitrogen and oxygen atoms in total. The molecule has 3 aromatic rings. The number of rotatable bonds is 5. The van der Waals surface area contributed by atoms with Crippen LogP contribution in [0.2, 0.25) is 0 Å². The van der Waals surface area contributed by atoms with Gasteiger partial charge in [0, 0.05) is 12.2 Å². The molecular weight excluding hydrogens is 326 g/mol. The predicted molar refractivity (Wildman–Crippen MR) is 103 cm³/mol. The van der Waals surface area contributed by atoms with Gasteiger partial charge in [0.15, 0.2) is 6.10 Å². The summed E-state index contributed by atoms with van der Waals surface area (Å²) in [5.41, 5.74) is 1.22. The normalized spacial score (nSPS) is 11.8. The number of likely N-dealkylation sites (N-methyl/N-ethyl adjacent to an activating group) is 1. The largest absolute Gasteiger partial charge is 0.449 e. The van der Waals surface area contributed by atoms with Crippen LogP contribution in [0.3, 0.4) is 0 Å². The molecule has 1 atom stereocenters. The van der Waals surface area contributed by atoms with Gasteiger partial charge in [-0.1, -0.05) is 48.5 Å². The topological polar surface area (TPSA) is 46.6 Å². The number of hydrogen-bond donors (Lipinski definition) is 0. The van der Waals surface area contributed by atoms with Gasteiger partial charge in [-0.15, -0.1) is 0 Å². The molecule has 26 heavy (non-hydrogen) atoms. The van der Waals surface area contributed by atoms with Crippen LogP contribution >= 0.6 is 0 Å². The third-order valence-electron chi connectivity index (χ3n) is 4.27. The Hall–Kier alpha value is -3.14. The van der Waals surface area contributed by atoms with E-state index in [0.29, 0.717) is 12.1 Å². The van der Waals surface area contributed by atoms with Gasteiger partial charge in [-0.25, -0.2) is 4.79 Å². The summed E-state index contributed by atoms with van der Waals surface area (Å²) >= 11 is 0. The number of carbonyl (C=O) groups excluding carboxylic acids is 2. The Labute approximate surface area is 153 Å². The van der Waals surface area contributed by atoms with Crippen molar-refractivity contribution < 1.29 is 14.3 Å². The second kappa shape index (κ2) is 7.83. The van der Waals surface area contributed by atoms with Gasteiger partial charge >= 0.3 is 5.97 Å². The summed E-state index contributed by atoms with van der Waals surface area (Å²) in [5.74, 6) is -0.742. The summed E-state index contributed by atoms with van der Waals surface area (Å²) in [6.07, 6.45) is -0.867. The molecule has 0 heterocycles. The molecule has 0 unspecified atom stereocenters. The van der Waals surface area contributed by atoms with E-state index in [0.717, 1.165) is 16.5 Å². The molecule has 3 aromatic carbocycles. The molecule has 0 aromatic heterocycles. The average Bonchev–Trinajstić information content (AvgIpc) is 2.68. The first-order valence-electron chi connectivity index (χ1n) is 8.66. The fourth-order valence-electron chi connectivity index (χ4n) is 2.89. The van der Waals surface area contributed by atoms with Crippen LogP contribution in [0.5, 0.6) is 0 Å². The Balaban J connectivity index is 1.74. The Morgan fingerprint density at radius 2 is 1.58 bits per heavy atom. The van der Waals surface area contributed by atoms with Gasteiger partial charge in [0.05, 0.1) is 5.56 Å². The molecule has 132 valence electrons. The number of esters is 1. The van der Waals surface area contributed by atoms with Gasteiger partial charge in [-0.3, -0.25) is 4.79 Å². The predicted octanol–water partition coefficient (Wildman–Crippen LogP) is 4.44. The molecule has 0 N–H and O–H groups in total. The maximum Gasteiger partial charge on any atom is 0.338 e. The van der Waals surface area contributed by atoms with Crippen LogP contribution in [0.25, 0.3) is 10.8 Å². The quantitative estimate of drug-likeness (QED) is 0.641. The summed E-state index contributed by atoms with van der Waals surface area (Å²) in [4.78, 5) is 26.8. The van der Waals surface area contributed by atoms with Crippen molar-refractivity contribution in [1.29, 1.82) is 0 Å². The number of carbonyl (C=O) groups is 2. The maximum absolute atomic E-state index is 12.7. The zero-order chi connectivity index (χ0) is 18.5. The van der Waals surface area contributed by atoms with Crippen LogP contribution in [-0.2, 0) is 9.53 Å². The van der Waals surface area contributed by atoms with E-state index < -0.39 is 12.1 Å². The lowest BCUT2D eigenvalue weighted by atomic mass is 10.1. The first-order chi connectivity index (χ1) is 12.6. The molecule has 0 radical (unpaired) electrons. The second-order valence-electron chi connectivity index (χ2n) is 6.03. The van der Waals surface area contributed by atoms with Crippen LogP contribution < -0.4 is 4.90 Å². The first-order valence-corrected chi connectivity index (χ1v) is 8.66. The van der Waals surface area contributed by atoms with E-state index in [2.05, 4.69) is 0 Å². The minimum absolute atomic E-state index is 0.243. The molecule has 4 heteroatoms. The molecule has 0 spiro atoms. The fourth-order valence-corrected chi connectivity index (χ4v) is 2.89. The second-order valence-corrected chi connectivity index (χ2v) is 6.03. The lowest BCUT2D eigenvalue weighted by molar-refractivity contribution is -0.126. The van der Waals surface area contributed by atoms with Crippen LogP contribution in [0.1, 0.15) is 24.2 Å². The van der Waals surface area contributed by atoms with E-state index in [9.17, 15) is 9.59 Å². The molecule has 0 bridgehead atoms. The maximum atomic E-state index is 12.7. The van der Waals surface area contributed by atoms with Gasteiger partial charge in [0.1, 0.15) is 0 Å². The van der Waals surface area contributed by atoms with Crippen molar-refractivity contribution in [3.05, 3.63) is 78.4 Å². The highest BCUT2D eigenvalue weighted by molar-refractivity contribution is 6.00. The van der Waals surface area contributed by atoms with E-state index in [1.807, 2.05) is 67.6 Å². The minimum Gasteiger partial charge on any atom is -0.449 e. The Morgan fingerprint density at radius 3 is 2.27 bits per heavy atom. The SMILES string of the molecule is CCN(C(=O)[C@H](C)OC(=O)c1ccc2ccccc2c1)c1ccccc1. The molecule has 0 fully saturated rings. The molecule has 3 rings (SSSR count). The van der Waals surface area contributed by atoms with Crippen LogP contribution in [0, 0.1) is 0 Å². The number of fused-ring (bicyclic) bond motifs is 1. The minimum atomic E-state index is -0.867. The summed E-state index contributed by atoms with van der Waals surface area (Å²) in [6, 6.07) is 22.5. The van der Waals surface area contributed by atoms with E-state index >= 15 is 0 Å². The molecular formula is C22H21NO3. The Morgan fingerprint density at radius 1 is 0.923 bits per heavy atom. The van der Waals surface area contributed by atoms with E-state index in [1.165, 1.54) is 0 Å². The zero-order valence-electron chi connectivity index (χ0n) is 14.9. The van der Waals surface area contributed by atoms with Gasteiger partial charge in [-0.2, -0.15) is 0 Å². The van der Waals surface area contributed by atoms with Crippen LogP contribution in [-0.4, -0.2) is 24.5 Å². The van der Waals surface area contributed by atoms with Gasteiger partial charge in [-0.05, 0) is 48.9 Å². The van der Waals surface area contributed by atoms with E-state index in [-0.39, 0.29) is 5.91 Å². The zero-order valence-corrected chi connectivity index (χ0v) is 14.9. The van der Waals surface area contributed by atoms with Crippen molar-refractivity contribution >= 4 is 28.3 Å². The Kier molecular flexibility index (Phi) is 5.32. The number of hydrogen-bond acceptors (Lipinski definition) is 3. The molecule has 0 saturated heterocycles. The number of anilines is 1.